The van der Waals surface area contributed by atoms with E-state index in [1.807, 2.05) is 36.4 Å². The van der Waals surface area contributed by atoms with Crippen molar-refractivity contribution in [3.8, 4) is 33.4 Å². The van der Waals surface area contributed by atoms with Crippen molar-refractivity contribution in [1.82, 2.24) is 5.32 Å². The Hall–Kier alpha value is -6.06. The van der Waals surface area contributed by atoms with Gasteiger partial charge >= 0.3 is 0 Å². The van der Waals surface area contributed by atoms with E-state index >= 15 is 0 Å². The molecule has 218 valence electrons. The van der Waals surface area contributed by atoms with Gasteiger partial charge in [-0.05, 0) is 49.7 Å². The molecule has 0 spiro atoms. The van der Waals surface area contributed by atoms with Gasteiger partial charge in [0.15, 0.2) is 5.84 Å². The molecule has 8 rings (SSSR count). The van der Waals surface area contributed by atoms with Crippen LogP contribution in [0, 0.1) is 0 Å². The molecule has 7 aromatic rings. The summed E-state index contributed by atoms with van der Waals surface area (Å²) in [6.07, 6.45) is -0.269. The largest absolute Gasteiger partial charge is 0.344 e. The third-order valence-corrected chi connectivity index (χ3v) is 8.57. The zero-order valence-electron chi connectivity index (χ0n) is 25.2. The van der Waals surface area contributed by atoms with Crippen LogP contribution in [0.2, 0.25) is 0 Å². The van der Waals surface area contributed by atoms with Gasteiger partial charge < -0.3 is 5.32 Å². The highest BCUT2D eigenvalue weighted by atomic mass is 15.2. The van der Waals surface area contributed by atoms with Crippen LogP contribution in [0.15, 0.2) is 186 Å². The number of hydrogen-bond donors (Lipinski definition) is 1. The second-order valence-corrected chi connectivity index (χ2v) is 11.5. The van der Waals surface area contributed by atoms with E-state index in [0.29, 0.717) is 0 Å². The summed E-state index contributed by atoms with van der Waals surface area (Å²) in [5, 5.41) is 6.05. The minimum absolute atomic E-state index is 0.269. The summed E-state index contributed by atoms with van der Waals surface area (Å²) in [6.45, 7) is 0. The van der Waals surface area contributed by atoms with Crippen molar-refractivity contribution in [2.45, 2.75) is 6.17 Å². The fraction of sp³-hybridized carbons (Fsp3) is 0.0233. The predicted octanol–water partition coefficient (Wildman–Crippen LogP) is 10.3. The minimum Gasteiger partial charge on any atom is -0.344 e. The molecule has 0 fully saturated rings. The molecule has 0 bridgehead atoms. The first-order valence-corrected chi connectivity index (χ1v) is 15.6. The number of amidine groups is 2. The molecule has 3 nitrogen and oxygen atoms in total. The Bertz CT molecular complexity index is 2180. The lowest BCUT2D eigenvalue weighted by Crippen LogP contribution is -2.33. The van der Waals surface area contributed by atoms with Crippen LogP contribution in [0.3, 0.4) is 0 Å². The summed E-state index contributed by atoms with van der Waals surface area (Å²) in [6, 6.07) is 61.8. The molecule has 1 aliphatic heterocycles. The molecule has 1 heterocycles. The summed E-state index contributed by atoms with van der Waals surface area (Å²) in [7, 11) is 0. The summed E-state index contributed by atoms with van der Waals surface area (Å²) < 4.78 is 0. The number of hydrogen-bond acceptors (Lipinski definition) is 3. The van der Waals surface area contributed by atoms with Gasteiger partial charge in [0.2, 0.25) is 0 Å². The van der Waals surface area contributed by atoms with Crippen LogP contribution in [-0.4, -0.2) is 11.7 Å². The smallest absolute Gasteiger partial charge is 0.159 e. The van der Waals surface area contributed by atoms with E-state index < -0.39 is 0 Å². The van der Waals surface area contributed by atoms with Crippen molar-refractivity contribution in [2.24, 2.45) is 9.98 Å². The molecule has 0 aliphatic carbocycles. The zero-order chi connectivity index (χ0) is 30.7. The molecule has 0 radical (unpaired) electrons. The van der Waals surface area contributed by atoms with Crippen LogP contribution >= 0.6 is 0 Å². The average Bonchev–Trinajstić information content (AvgIpc) is 3.15. The van der Waals surface area contributed by atoms with E-state index in [1.165, 1.54) is 44.2 Å². The zero-order valence-corrected chi connectivity index (χ0v) is 25.2. The molecule has 1 atom stereocenters. The molecule has 0 aromatic heterocycles. The Morgan fingerprint density at radius 3 is 1.65 bits per heavy atom. The first kappa shape index (κ1) is 27.5. The topological polar surface area (TPSA) is 36.8 Å². The third-order valence-electron chi connectivity index (χ3n) is 8.57. The van der Waals surface area contributed by atoms with Gasteiger partial charge in [-0.25, -0.2) is 9.98 Å². The number of nitrogens with one attached hydrogen (secondary N) is 1. The van der Waals surface area contributed by atoms with Gasteiger partial charge in [0.25, 0.3) is 0 Å². The Morgan fingerprint density at radius 1 is 0.413 bits per heavy atom. The second-order valence-electron chi connectivity index (χ2n) is 11.5. The van der Waals surface area contributed by atoms with Crippen molar-refractivity contribution in [3.05, 3.63) is 193 Å². The van der Waals surface area contributed by atoms with Gasteiger partial charge in [-0.3, -0.25) is 0 Å². The quantitative estimate of drug-likeness (QED) is 0.206. The first-order valence-electron chi connectivity index (χ1n) is 15.6. The Morgan fingerprint density at radius 2 is 0.957 bits per heavy atom. The lowest BCUT2D eigenvalue weighted by atomic mass is 9.89. The summed E-state index contributed by atoms with van der Waals surface area (Å²) in [5.74, 6) is 1.54. The van der Waals surface area contributed by atoms with E-state index in [4.69, 9.17) is 9.98 Å². The van der Waals surface area contributed by atoms with Gasteiger partial charge in [0, 0.05) is 11.1 Å². The van der Waals surface area contributed by atoms with E-state index in [2.05, 4.69) is 145 Å². The molecular formula is C43H31N3. The normalized spacial score (nSPS) is 14.3. The minimum atomic E-state index is -0.269. The van der Waals surface area contributed by atoms with Crippen LogP contribution in [0.5, 0.6) is 0 Å². The maximum Gasteiger partial charge on any atom is 0.159 e. The lowest BCUT2D eigenvalue weighted by Gasteiger charge is -2.24. The maximum absolute atomic E-state index is 5.07. The highest BCUT2D eigenvalue weighted by Crippen LogP contribution is 2.39. The van der Waals surface area contributed by atoms with Gasteiger partial charge in [-0.15, -0.1) is 0 Å². The Balaban J connectivity index is 1.18. The summed E-state index contributed by atoms with van der Waals surface area (Å²) in [4.78, 5) is 9.99. The SMILES string of the molecule is c1ccc(C2=NC(c3ccc(-c4c(-c5ccc(-c6ccccc6)cc5)ccc5ccccc45)cc3)NC(c3ccccc3)=N2)cc1. The van der Waals surface area contributed by atoms with Crippen molar-refractivity contribution < 1.29 is 0 Å². The van der Waals surface area contributed by atoms with Gasteiger partial charge in [0.05, 0.1) is 0 Å². The molecule has 0 amide bonds. The molecule has 1 N–H and O–H groups in total. The fourth-order valence-corrected chi connectivity index (χ4v) is 6.21. The van der Waals surface area contributed by atoms with Gasteiger partial charge in [-0.2, -0.15) is 0 Å². The molecule has 1 unspecified atom stereocenters. The fourth-order valence-electron chi connectivity index (χ4n) is 6.21. The Labute approximate surface area is 269 Å². The van der Waals surface area contributed by atoms with E-state index in [0.717, 1.165) is 28.4 Å². The number of aliphatic imine (C=N–C) groups is 2. The monoisotopic (exact) mass is 589 g/mol. The van der Waals surface area contributed by atoms with Crippen molar-refractivity contribution in [2.75, 3.05) is 0 Å². The summed E-state index contributed by atoms with van der Waals surface area (Å²) >= 11 is 0. The van der Waals surface area contributed by atoms with Crippen LogP contribution in [0.25, 0.3) is 44.2 Å². The molecule has 1 aliphatic rings. The van der Waals surface area contributed by atoms with Gasteiger partial charge in [-0.1, -0.05) is 176 Å². The molecule has 7 aromatic carbocycles. The lowest BCUT2D eigenvalue weighted by molar-refractivity contribution is 0.674. The van der Waals surface area contributed by atoms with Crippen molar-refractivity contribution in [1.29, 1.82) is 0 Å². The highest BCUT2D eigenvalue weighted by Gasteiger charge is 2.21. The highest BCUT2D eigenvalue weighted by molar-refractivity contribution is 6.13. The molecule has 46 heavy (non-hydrogen) atoms. The van der Waals surface area contributed by atoms with Crippen LogP contribution in [0.1, 0.15) is 22.9 Å². The number of benzene rings is 7. The standard InChI is InChI=1S/C43H31N3/c1-4-12-30(13-5-1)31-20-22-33(23-21-31)39-29-28-32-14-10-11-19-38(32)40(39)34-24-26-37(27-25-34)43-45-41(35-15-6-2-7-16-35)44-42(46-43)36-17-8-3-9-18-36/h1-29,43H,(H,44,45,46). The Kier molecular flexibility index (Phi) is 7.26. The number of nitrogens with zero attached hydrogens (tertiary/aromatic N) is 2. The molecule has 0 saturated carbocycles. The number of rotatable bonds is 6. The van der Waals surface area contributed by atoms with E-state index in [1.54, 1.807) is 0 Å². The van der Waals surface area contributed by atoms with Gasteiger partial charge in [0.1, 0.15) is 12.0 Å². The second kappa shape index (κ2) is 12.1. The third kappa shape index (κ3) is 5.40. The first-order chi connectivity index (χ1) is 22.8. The van der Waals surface area contributed by atoms with E-state index in [-0.39, 0.29) is 6.17 Å². The average molecular weight is 590 g/mol. The van der Waals surface area contributed by atoms with E-state index in [9.17, 15) is 0 Å². The van der Waals surface area contributed by atoms with Crippen LogP contribution in [-0.2, 0) is 0 Å². The maximum atomic E-state index is 5.07. The predicted molar refractivity (Wildman–Crippen MR) is 192 cm³/mol. The molecule has 0 saturated heterocycles. The van der Waals surface area contributed by atoms with Crippen LogP contribution < -0.4 is 5.32 Å². The molecule has 3 heteroatoms. The summed E-state index contributed by atoms with van der Waals surface area (Å²) in [5.41, 5.74) is 10.3. The number of fused-ring (bicyclic) bond motifs is 1. The van der Waals surface area contributed by atoms with Crippen LogP contribution in [0.4, 0.5) is 0 Å². The van der Waals surface area contributed by atoms with Crippen molar-refractivity contribution in [3.63, 3.8) is 0 Å². The van der Waals surface area contributed by atoms with Crippen molar-refractivity contribution >= 4 is 22.4 Å². The molecular weight excluding hydrogens is 558 g/mol.